The third kappa shape index (κ3) is 4.52. The molecular weight excluding hydrogens is 496 g/mol. The van der Waals surface area contributed by atoms with E-state index in [4.69, 9.17) is 19.4 Å². The molecule has 4 heterocycles. The number of ether oxygens (including phenoxy) is 2. The first-order valence-corrected chi connectivity index (χ1v) is 13.4. The van der Waals surface area contributed by atoms with Gasteiger partial charge in [-0.05, 0) is 63.3 Å². The fraction of sp³-hybridized carbons (Fsp3) is 0.448. The lowest BCUT2D eigenvalue weighted by Gasteiger charge is -2.43. The van der Waals surface area contributed by atoms with Gasteiger partial charge >= 0.3 is 6.09 Å². The van der Waals surface area contributed by atoms with Crippen LogP contribution in [0.15, 0.2) is 30.6 Å². The minimum atomic E-state index is -0.868. The maximum absolute atomic E-state index is 11.7. The van der Waals surface area contributed by atoms with E-state index in [1.165, 1.54) is 5.56 Å². The fourth-order valence-electron chi connectivity index (χ4n) is 6.00. The van der Waals surface area contributed by atoms with Crippen molar-refractivity contribution >= 4 is 33.7 Å². The number of pyridine rings is 2. The van der Waals surface area contributed by atoms with Gasteiger partial charge in [0.1, 0.15) is 5.75 Å². The van der Waals surface area contributed by atoms with E-state index in [1.54, 1.807) is 12.0 Å². The number of carbonyl (C=O) groups is 1. The van der Waals surface area contributed by atoms with E-state index < -0.39 is 6.09 Å². The molecule has 2 fully saturated rings. The maximum Gasteiger partial charge on any atom is 0.407 e. The zero-order chi connectivity index (χ0) is 27.4. The number of piperazine rings is 1. The van der Waals surface area contributed by atoms with E-state index in [9.17, 15) is 9.90 Å². The Morgan fingerprint density at radius 2 is 1.90 bits per heavy atom. The number of benzene rings is 1. The molecule has 4 aromatic rings. The average molecular weight is 531 g/mol. The molecule has 0 radical (unpaired) electrons. The smallest absolute Gasteiger partial charge is 0.407 e. The second kappa shape index (κ2) is 9.68. The Morgan fingerprint density at radius 1 is 1.15 bits per heavy atom. The number of nitrogens with zero attached hydrogens (tertiary/aromatic N) is 6. The molecule has 2 aliphatic rings. The van der Waals surface area contributed by atoms with Crippen LogP contribution in [0, 0.1) is 6.92 Å². The highest BCUT2D eigenvalue weighted by Gasteiger charge is 2.34. The summed E-state index contributed by atoms with van der Waals surface area (Å²) in [5.41, 5.74) is 6.50. The van der Waals surface area contributed by atoms with E-state index in [2.05, 4.69) is 28.2 Å². The first-order valence-electron chi connectivity index (χ1n) is 13.4. The normalized spacial score (nSPS) is 19.7. The molecule has 1 aromatic carbocycles. The molecule has 3 aromatic heterocycles. The van der Waals surface area contributed by atoms with Crippen LogP contribution in [-0.2, 0) is 11.8 Å². The fourth-order valence-corrected chi connectivity index (χ4v) is 6.00. The number of hydrogen-bond donors (Lipinski definition) is 1. The van der Waals surface area contributed by atoms with Crippen molar-refractivity contribution in [2.45, 2.75) is 51.6 Å². The molecule has 6 rings (SSSR count). The average Bonchev–Trinajstić information content (AvgIpc) is 3.67. The topological polar surface area (TPSA) is 106 Å². The number of rotatable bonds is 6. The molecule has 0 bridgehead atoms. The third-order valence-corrected chi connectivity index (χ3v) is 7.90. The molecule has 10 nitrogen and oxygen atoms in total. The standard InChI is InChI=1S/C29H34N6O4/c1-16-12-34(13-17(2)35(16)29(36)37)21-9-23-22(19-6-7-19)10-25(31-28(23)30-11-21)24-8-20-14-33(4)32-26(20)18(3)27(24)39-15-38-5/h8-11,14,16-17,19H,6-7,12-13,15H2,1-5H3,(H,36,37)/t16-,17-/m0/s1. The van der Waals surface area contributed by atoms with Gasteiger partial charge in [0.15, 0.2) is 12.4 Å². The highest BCUT2D eigenvalue weighted by Crippen LogP contribution is 2.46. The molecule has 1 saturated carbocycles. The molecule has 0 unspecified atom stereocenters. The van der Waals surface area contributed by atoms with Crippen LogP contribution in [0.4, 0.5) is 10.5 Å². The number of aryl methyl sites for hydroxylation is 2. The van der Waals surface area contributed by atoms with E-state index in [1.807, 2.05) is 44.9 Å². The maximum atomic E-state index is 11.7. The van der Waals surface area contributed by atoms with E-state index in [-0.39, 0.29) is 18.9 Å². The molecule has 0 spiro atoms. The largest absolute Gasteiger partial charge is 0.466 e. The molecular formula is C29H34N6O4. The molecule has 10 heteroatoms. The van der Waals surface area contributed by atoms with Crippen molar-refractivity contribution in [3.05, 3.63) is 41.7 Å². The second-order valence-corrected chi connectivity index (χ2v) is 10.9. The first kappa shape index (κ1) is 25.4. The van der Waals surface area contributed by atoms with E-state index in [0.29, 0.717) is 30.4 Å². The predicted molar refractivity (Wildman–Crippen MR) is 149 cm³/mol. The van der Waals surface area contributed by atoms with Gasteiger partial charge in [0, 0.05) is 55.3 Å². The van der Waals surface area contributed by atoms with Crippen molar-refractivity contribution in [3.63, 3.8) is 0 Å². The van der Waals surface area contributed by atoms with Crippen LogP contribution in [0.2, 0.25) is 0 Å². The number of aromatic nitrogens is 4. The zero-order valence-electron chi connectivity index (χ0n) is 23.0. The van der Waals surface area contributed by atoms with Crippen LogP contribution in [0.1, 0.15) is 43.7 Å². The molecule has 39 heavy (non-hydrogen) atoms. The number of amides is 1. The minimum absolute atomic E-state index is 0.110. The van der Waals surface area contributed by atoms with Crippen molar-refractivity contribution in [1.29, 1.82) is 0 Å². The highest BCUT2D eigenvalue weighted by atomic mass is 16.7. The number of hydrogen-bond acceptors (Lipinski definition) is 7. The molecule has 1 amide bonds. The van der Waals surface area contributed by atoms with Crippen molar-refractivity contribution in [1.82, 2.24) is 24.6 Å². The first-order chi connectivity index (χ1) is 18.7. The Bertz CT molecular complexity index is 1570. The Labute approximate surface area is 227 Å². The van der Waals surface area contributed by atoms with Crippen LogP contribution in [0.5, 0.6) is 5.75 Å². The highest BCUT2D eigenvalue weighted by molar-refractivity contribution is 5.93. The van der Waals surface area contributed by atoms with Crippen LogP contribution in [-0.4, -0.2) is 74.9 Å². The summed E-state index contributed by atoms with van der Waals surface area (Å²) in [4.78, 5) is 25.4. The predicted octanol–water partition coefficient (Wildman–Crippen LogP) is 4.93. The van der Waals surface area contributed by atoms with Gasteiger partial charge in [0.05, 0.1) is 35.2 Å². The van der Waals surface area contributed by atoms with Gasteiger partial charge in [-0.1, -0.05) is 0 Å². The summed E-state index contributed by atoms with van der Waals surface area (Å²) in [5, 5.41) is 16.3. The lowest BCUT2D eigenvalue weighted by molar-refractivity contribution is 0.0511. The summed E-state index contributed by atoms with van der Waals surface area (Å²) in [7, 11) is 3.52. The number of anilines is 1. The Morgan fingerprint density at radius 3 is 2.56 bits per heavy atom. The van der Waals surface area contributed by atoms with Gasteiger partial charge in [0.25, 0.3) is 0 Å². The third-order valence-electron chi connectivity index (χ3n) is 7.90. The van der Waals surface area contributed by atoms with Crippen LogP contribution in [0.25, 0.3) is 33.2 Å². The molecule has 1 N–H and O–H groups in total. The van der Waals surface area contributed by atoms with E-state index in [0.717, 1.165) is 51.6 Å². The van der Waals surface area contributed by atoms with Crippen LogP contribution >= 0.6 is 0 Å². The molecule has 1 aliphatic carbocycles. The summed E-state index contributed by atoms with van der Waals surface area (Å²) in [5.74, 6) is 1.19. The lowest BCUT2D eigenvalue weighted by atomic mass is 9.99. The Balaban J connectivity index is 1.45. The lowest BCUT2D eigenvalue weighted by Crippen LogP contribution is -2.58. The summed E-state index contributed by atoms with van der Waals surface area (Å²) in [6, 6.07) is 6.24. The van der Waals surface area contributed by atoms with Gasteiger partial charge in [-0.2, -0.15) is 5.10 Å². The van der Waals surface area contributed by atoms with Crippen molar-refractivity contribution in [3.8, 4) is 17.0 Å². The van der Waals surface area contributed by atoms with Gasteiger partial charge in [-0.25, -0.2) is 14.8 Å². The van der Waals surface area contributed by atoms with Gasteiger partial charge < -0.3 is 19.5 Å². The molecule has 2 atom stereocenters. The number of methoxy groups -OCH3 is 1. The summed E-state index contributed by atoms with van der Waals surface area (Å²) >= 11 is 0. The zero-order valence-corrected chi connectivity index (χ0v) is 23.0. The van der Waals surface area contributed by atoms with Gasteiger partial charge in [-0.3, -0.25) is 9.58 Å². The second-order valence-electron chi connectivity index (χ2n) is 10.9. The molecule has 1 saturated heterocycles. The Hall–Kier alpha value is -3.92. The van der Waals surface area contributed by atoms with Gasteiger partial charge in [0.2, 0.25) is 0 Å². The summed E-state index contributed by atoms with van der Waals surface area (Å²) in [6.07, 6.45) is 5.28. The number of carboxylic acid groups (broad SMARTS) is 1. The summed E-state index contributed by atoms with van der Waals surface area (Å²) < 4.78 is 13.1. The summed E-state index contributed by atoms with van der Waals surface area (Å²) in [6.45, 7) is 7.31. The van der Waals surface area contributed by atoms with Crippen LogP contribution in [0.3, 0.4) is 0 Å². The molecule has 204 valence electrons. The van der Waals surface area contributed by atoms with Crippen molar-refractivity contribution in [2.75, 3.05) is 31.9 Å². The number of fused-ring (bicyclic) bond motifs is 2. The monoisotopic (exact) mass is 530 g/mol. The van der Waals surface area contributed by atoms with Crippen molar-refractivity contribution < 1.29 is 19.4 Å². The SMILES string of the molecule is COCOc1c(-c2cc(C3CC3)c3cc(N4C[C@H](C)N(C(=O)O)[C@@H](C)C4)cnc3n2)cc2cn(C)nc2c1C. The Kier molecular flexibility index (Phi) is 6.29. The quantitative estimate of drug-likeness (QED) is 0.350. The van der Waals surface area contributed by atoms with Crippen molar-refractivity contribution in [2.24, 2.45) is 7.05 Å². The minimum Gasteiger partial charge on any atom is -0.466 e. The van der Waals surface area contributed by atoms with Gasteiger partial charge in [-0.15, -0.1) is 0 Å². The van der Waals surface area contributed by atoms with Crippen LogP contribution < -0.4 is 9.64 Å². The van der Waals surface area contributed by atoms with E-state index >= 15 is 0 Å². The molecule has 1 aliphatic heterocycles.